The van der Waals surface area contributed by atoms with Crippen LogP contribution in [-0.4, -0.2) is 4.98 Å². The van der Waals surface area contributed by atoms with Crippen LogP contribution in [0.5, 0.6) is 11.6 Å². The molecule has 0 unspecified atom stereocenters. The van der Waals surface area contributed by atoms with Crippen molar-refractivity contribution in [1.29, 1.82) is 0 Å². The Morgan fingerprint density at radius 1 is 0.882 bits per heavy atom. The van der Waals surface area contributed by atoms with E-state index in [1.165, 1.54) is 0 Å². The summed E-state index contributed by atoms with van der Waals surface area (Å²) in [6.07, 6.45) is 0. The van der Waals surface area contributed by atoms with Gasteiger partial charge in [-0.1, -0.05) is 52.5 Å². The maximum Gasteiger partial charge on any atom is 0.239 e. The number of halogens is 4. The Morgan fingerprint density at radius 2 is 1.65 bits per heavy atom. The number of hydrogen-bond acceptors (Lipinski definition) is 2. The molecule has 0 radical (unpaired) electrons. The number of benzene rings is 1. The van der Waals surface area contributed by atoms with Gasteiger partial charge in [-0.15, -0.1) is 0 Å². The van der Waals surface area contributed by atoms with Gasteiger partial charge < -0.3 is 4.74 Å². The minimum Gasteiger partial charge on any atom is -0.436 e. The molecule has 0 aliphatic rings. The summed E-state index contributed by atoms with van der Waals surface area (Å²) in [6.45, 7) is 0. The van der Waals surface area contributed by atoms with Gasteiger partial charge in [0.15, 0.2) is 0 Å². The average Bonchev–Trinajstić information content (AvgIpc) is 2.30. The van der Waals surface area contributed by atoms with Crippen molar-refractivity contribution >= 4 is 46.4 Å². The van der Waals surface area contributed by atoms with Crippen LogP contribution in [0.2, 0.25) is 20.2 Å². The molecule has 1 aromatic heterocycles. The number of nitrogens with zero attached hydrogens (tertiary/aromatic N) is 1. The Balaban J connectivity index is 2.38. The molecule has 0 spiro atoms. The highest BCUT2D eigenvalue weighted by molar-refractivity contribution is 6.43. The summed E-state index contributed by atoms with van der Waals surface area (Å²) in [4.78, 5) is 3.95. The Kier molecular flexibility index (Phi) is 4.00. The van der Waals surface area contributed by atoms with E-state index in [9.17, 15) is 0 Å². The lowest BCUT2D eigenvalue weighted by molar-refractivity contribution is 0.463. The van der Waals surface area contributed by atoms with Crippen LogP contribution in [0.15, 0.2) is 30.3 Å². The van der Waals surface area contributed by atoms with Gasteiger partial charge in [0.2, 0.25) is 5.88 Å². The summed E-state index contributed by atoms with van der Waals surface area (Å²) in [5, 5.41) is 1.31. The van der Waals surface area contributed by atoms with Crippen LogP contribution in [0.25, 0.3) is 0 Å². The first-order chi connectivity index (χ1) is 8.08. The average molecular weight is 309 g/mol. The second-order valence-electron chi connectivity index (χ2n) is 3.07. The Morgan fingerprint density at radius 3 is 2.41 bits per heavy atom. The number of hydrogen-bond donors (Lipinski definition) is 0. The van der Waals surface area contributed by atoms with Gasteiger partial charge in [0.25, 0.3) is 0 Å². The van der Waals surface area contributed by atoms with Crippen LogP contribution in [0.3, 0.4) is 0 Å². The normalized spacial score (nSPS) is 10.4. The standard InChI is InChI=1S/C11H5Cl4NO/c12-6-2-1-3-8(10(6)15)17-11-7(13)4-5-9(14)16-11/h1-5H. The summed E-state index contributed by atoms with van der Waals surface area (Å²) in [6, 6.07) is 8.18. The Hall–Kier alpha value is -0.670. The summed E-state index contributed by atoms with van der Waals surface area (Å²) >= 11 is 23.5. The largest absolute Gasteiger partial charge is 0.436 e. The van der Waals surface area contributed by atoms with E-state index in [4.69, 9.17) is 51.1 Å². The van der Waals surface area contributed by atoms with Crippen LogP contribution in [-0.2, 0) is 0 Å². The molecular weight excluding hydrogens is 304 g/mol. The topological polar surface area (TPSA) is 22.1 Å². The van der Waals surface area contributed by atoms with E-state index < -0.39 is 0 Å². The molecule has 0 amide bonds. The molecule has 0 aliphatic heterocycles. The zero-order valence-corrected chi connectivity index (χ0v) is 11.3. The van der Waals surface area contributed by atoms with E-state index in [-0.39, 0.29) is 11.0 Å². The Bertz CT molecular complexity index is 559. The van der Waals surface area contributed by atoms with Gasteiger partial charge in [0.05, 0.1) is 5.02 Å². The number of aromatic nitrogens is 1. The molecule has 0 bridgehead atoms. The molecule has 88 valence electrons. The van der Waals surface area contributed by atoms with Crippen LogP contribution in [0, 0.1) is 0 Å². The first-order valence-corrected chi connectivity index (χ1v) is 6.03. The molecule has 0 saturated heterocycles. The van der Waals surface area contributed by atoms with Crippen LogP contribution >= 0.6 is 46.4 Å². The molecule has 0 fully saturated rings. The van der Waals surface area contributed by atoms with E-state index >= 15 is 0 Å². The first-order valence-electron chi connectivity index (χ1n) is 4.52. The number of ether oxygens (including phenoxy) is 1. The molecule has 2 rings (SSSR count). The third-order valence-electron chi connectivity index (χ3n) is 1.90. The molecule has 0 N–H and O–H groups in total. The van der Waals surface area contributed by atoms with Gasteiger partial charge in [-0.05, 0) is 24.3 Å². The molecule has 1 heterocycles. The second kappa shape index (κ2) is 5.32. The third-order valence-corrected chi connectivity index (χ3v) is 3.20. The summed E-state index contributed by atoms with van der Waals surface area (Å²) in [5.41, 5.74) is 0. The van der Waals surface area contributed by atoms with E-state index in [2.05, 4.69) is 4.98 Å². The van der Waals surface area contributed by atoms with E-state index in [0.717, 1.165) is 0 Å². The second-order valence-corrected chi connectivity index (χ2v) is 4.65. The molecule has 2 nitrogen and oxygen atoms in total. The fraction of sp³-hybridized carbons (Fsp3) is 0. The summed E-state index contributed by atoms with van der Waals surface area (Å²) in [7, 11) is 0. The van der Waals surface area contributed by atoms with Crippen LogP contribution in [0.4, 0.5) is 0 Å². The molecule has 17 heavy (non-hydrogen) atoms. The van der Waals surface area contributed by atoms with Crippen molar-refractivity contribution in [1.82, 2.24) is 4.98 Å². The van der Waals surface area contributed by atoms with Gasteiger partial charge in [0.1, 0.15) is 20.9 Å². The molecule has 6 heteroatoms. The van der Waals surface area contributed by atoms with E-state index in [1.54, 1.807) is 30.3 Å². The maximum atomic E-state index is 5.97. The fourth-order valence-corrected chi connectivity index (χ4v) is 1.75. The van der Waals surface area contributed by atoms with Gasteiger partial charge in [-0.2, -0.15) is 4.98 Å². The highest BCUT2D eigenvalue weighted by atomic mass is 35.5. The number of pyridine rings is 1. The van der Waals surface area contributed by atoms with Gasteiger partial charge >= 0.3 is 0 Å². The van der Waals surface area contributed by atoms with Crippen molar-refractivity contribution in [2.45, 2.75) is 0 Å². The van der Waals surface area contributed by atoms with Crippen molar-refractivity contribution in [3.8, 4) is 11.6 Å². The maximum absolute atomic E-state index is 5.97. The quantitative estimate of drug-likeness (QED) is 0.685. The molecule has 2 aromatic rings. The molecule has 0 atom stereocenters. The van der Waals surface area contributed by atoms with Crippen molar-refractivity contribution in [2.24, 2.45) is 0 Å². The lowest BCUT2D eigenvalue weighted by Crippen LogP contribution is -1.90. The zero-order valence-electron chi connectivity index (χ0n) is 8.25. The zero-order chi connectivity index (χ0) is 12.4. The minimum atomic E-state index is 0.184. The van der Waals surface area contributed by atoms with Crippen molar-refractivity contribution in [2.75, 3.05) is 0 Å². The van der Waals surface area contributed by atoms with Crippen LogP contribution < -0.4 is 4.74 Å². The lowest BCUT2D eigenvalue weighted by atomic mass is 10.3. The predicted molar refractivity (Wildman–Crippen MR) is 70.8 cm³/mol. The van der Waals surface area contributed by atoms with Crippen LogP contribution in [0.1, 0.15) is 0 Å². The van der Waals surface area contributed by atoms with Gasteiger partial charge in [-0.3, -0.25) is 0 Å². The van der Waals surface area contributed by atoms with E-state index in [0.29, 0.717) is 20.8 Å². The fourth-order valence-electron chi connectivity index (χ4n) is 1.14. The molecule has 0 saturated carbocycles. The van der Waals surface area contributed by atoms with Crippen molar-refractivity contribution in [3.05, 3.63) is 50.6 Å². The lowest BCUT2D eigenvalue weighted by Gasteiger charge is -2.08. The number of rotatable bonds is 2. The Labute approximate surface area is 118 Å². The van der Waals surface area contributed by atoms with Crippen molar-refractivity contribution < 1.29 is 4.74 Å². The monoisotopic (exact) mass is 307 g/mol. The summed E-state index contributed by atoms with van der Waals surface area (Å²) < 4.78 is 5.46. The van der Waals surface area contributed by atoms with Gasteiger partial charge in [-0.25, -0.2) is 0 Å². The third kappa shape index (κ3) is 2.96. The predicted octanol–water partition coefficient (Wildman–Crippen LogP) is 5.49. The summed E-state index contributed by atoms with van der Waals surface area (Å²) in [5.74, 6) is 0.555. The van der Waals surface area contributed by atoms with Crippen molar-refractivity contribution in [3.63, 3.8) is 0 Å². The first kappa shape index (κ1) is 12.8. The SMILES string of the molecule is Clc1ccc(Cl)c(Oc2cccc(Cl)c2Cl)n1. The highest BCUT2D eigenvalue weighted by Crippen LogP contribution is 2.36. The minimum absolute atomic E-state index is 0.184. The molecule has 1 aromatic carbocycles. The van der Waals surface area contributed by atoms with E-state index in [1.807, 2.05) is 0 Å². The smallest absolute Gasteiger partial charge is 0.239 e. The molecular formula is C11H5Cl4NO. The van der Waals surface area contributed by atoms with Gasteiger partial charge in [0, 0.05) is 0 Å². The molecule has 0 aliphatic carbocycles. The highest BCUT2D eigenvalue weighted by Gasteiger charge is 2.10.